The summed E-state index contributed by atoms with van der Waals surface area (Å²) in [5, 5.41) is 10.4. The Morgan fingerprint density at radius 1 is 1.32 bits per heavy atom. The monoisotopic (exact) mass is 277 g/mol. The van der Waals surface area contributed by atoms with Gasteiger partial charge in [0.2, 0.25) is 0 Å². The highest BCUT2D eigenvalue weighted by Crippen LogP contribution is 2.29. The molecule has 2 aromatic rings. The van der Waals surface area contributed by atoms with Gasteiger partial charge in [-0.2, -0.15) is 11.8 Å². The molecular formula is C14H15NO3S. The number of para-hydroxylation sites is 1. The zero-order valence-electron chi connectivity index (χ0n) is 10.4. The molecule has 5 heteroatoms. The molecule has 0 unspecified atom stereocenters. The summed E-state index contributed by atoms with van der Waals surface area (Å²) in [6.07, 6.45) is 0. The van der Waals surface area contributed by atoms with Crippen LogP contribution in [0.25, 0.3) is 11.0 Å². The van der Waals surface area contributed by atoms with Crippen LogP contribution in [0.15, 0.2) is 34.7 Å². The molecule has 1 N–H and O–H groups in total. The van der Waals surface area contributed by atoms with Gasteiger partial charge in [-0.05, 0) is 12.1 Å². The van der Waals surface area contributed by atoms with Crippen molar-refractivity contribution in [3.05, 3.63) is 36.1 Å². The molecule has 0 radical (unpaired) electrons. The molecule has 1 fully saturated rings. The second-order valence-corrected chi connectivity index (χ2v) is 5.80. The van der Waals surface area contributed by atoms with Gasteiger partial charge in [-0.1, -0.05) is 18.2 Å². The highest BCUT2D eigenvalue weighted by atomic mass is 32.2. The molecule has 3 rings (SSSR count). The van der Waals surface area contributed by atoms with E-state index in [1.54, 1.807) is 0 Å². The van der Waals surface area contributed by atoms with E-state index >= 15 is 0 Å². The summed E-state index contributed by atoms with van der Waals surface area (Å²) in [5.41, 5.74) is 0.745. The highest BCUT2D eigenvalue weighted by molar-refractivity contribution is 7.99. The van der Waals surface area contributed by atoms with Crippen molar-refractivity contribution in [2.45, 2.75) is 6.04 Å². The van der Waals surface area contributed by atoms with Crippen molar-refractivity contribution in [3.63, 3.8) is 0 Å². The number of carboxylic acid groups (broad SMARTS) is 1. The maximum Gasteiger partial charge on any atom is 0.328 e. The highest BCUT2D eigenvalue weighted by Gasteiger charge is 2.31. The van der Waals surface area contributed by atoms with Gasteiger partial charge in [0.15, 0.2) is 6.04 Å². The number of aliphatic carboxylic acids is 1. The lowest BCUT2D eigenvalue weighted by Gasteiger charge is -2.30. The zero-order valence-corrected chi connectivity index (χ0v) is 11.2. The topological polar surface area (TPSA) is 53.7 Å². The second-order valence-electron chi connectivity index (χ2n) is 4.58. The van der Waals surface area contributed by atoms with E-state index < -0.39 is 12.0 Å². The number of hydrogen-bond acceptors (Lipinski definition) is 4. The number of benzene rings is 1. The van der Waals surface area contributed by atoms with E-state index in [-0.39, 0.29) is 0 Å². The molecule has 1 aliphatic heterocycles. The van der Waals surface area contributed by atoms with Gasteiger partial charge < -0.3 is 9.52 Å². The fourth-order valence-corrected chi connectivity index (χ4v) is 3.36. The molecule has 1 aromatic carbocycles. The Hall–Kier alpha value is -1.46. The molecule has 1 aromatic heterocycles. The van der Waals surface area contributed by atoms with Gasteiger partial charge in [-0.15, -0.1) is 0 Å². The predicted molar refractivity (Wildman–Crippen MR) is 75.5 cm³/mol. The van der Waals surface area contributed by atoms with Gasteiger partial charge in [0.05, 0.1) is 0 Å². The number of nitrogens with zero attached hydrogens (tertiary/aromatic N) is 1. The maximum atomic E-state index is 11.6. The third-order valence-electron chi connectivity index (χ3n) is 3.36. The van der Waals surface area contributed by atoms with Crippen LogP contribution in [-0.2, 0) is 4.79 Å². The van der Waals surface area contributed by atoms with E-state index in [9.17, 15) is 9.90 Å². The van der Waals surface area contributed by atoms with Crippen molar-refractivity contribution in [2.24, 2.45) is 0 Å². The van der Waals surface area contributed by atoms with Crippen molar-refractivity contribution in [1.29, 1.82) is 0 Å². The van der Waals surface area contributed by atoms with Gasteiger partial charge in [0, 0.05) is 30.0 Å². The number of furan rings is 1. The van der Waals surface area contributed by atoms with E-state index in [4.69, 9.17) is 4.42 Å². The van der Waals surface area contributed by atoms with E-state index in [2.05, 4.69) is 0 Å². The van der Waals surface area contributed by atoms with Gasteiger partial charge in [-0.3, -0.25) is 9.69 Å². The molecule has 0 spiro atoms. The summed E-state index contributed by atoms with van der Waals surface area (Å²) < 4.78 is 5.72. The number of rotatable bonds is 3. The van der Waals surface area contributed by atoms with Gasteiger partial charge >= 0.3 is 5.97 Å². The maximum absolute atomic E-state index is 11.6. The van der Waals surface area contributed by atoms with Gasteiger partial charge in [-0.25, -0.2) is 0 Å². The molecule has 1 aliphatic rings. The Balaban J connectivity index is 1.96. The summed E-state index contributed by atoms with van der Waals surface area (Å²) >= 11 is 1.86. The number of fused-ring (bicyclic) bond motifs is 1. The Morgan fingerprint density at radius 2 is 2.05 bits per heavy atom. The van der Waals surface area contributed by atoms with Crippen molar-refractivity contribution in [2.75, 3.05) is 24.6 Å². The molecule has 100 valence electrons. The quantitative estimate of drug-likeness (QED) is 0.934. The van der Waals surface area contributed by atoms with Crippen LogP contribution in [0, 0.1) is 0 Å². The van der Waals surface area contributed by atoms with Crippen LogP contribution in [0.4, 0.5) is 0 Å². The van der Waals surface area contributed by atoms with E-state index in [0.717, 1.165) is 35.6 Å². The summed E-state index contributed by atoms with van der Waals surface area (Å²) in [7, 11) is 0. The number of hydrogen-bond donors (Lipinski definition) is 1. The molecule has 0 aliphatic carbocycles. The zero-order chi connectivity index (χ0) is 13.2. The van der Waals surface area contributed by atoms with Gasteiger partial charge in [0.1, 0.15) is 11.3 Å². The number of thioether (sulfide) groups is 1. The molecule has 1 atom stereocenters. The van der Waals surface area contributed by atoms with Gasteiger partial charge in [0.25, 0.3) is 0 Å². The minimum Gasteiger partial charge on any atom is -0.480 e. The molecule has 1 saturated heterocycles. The van der Waals surface area contributed by atoms with Crippen molar-refractivity contribution in [3.8, 4) is 0 Å². The van der Waals surface area contributed by atoms with Crippen molar-refractivity contribution >= 4 is 28.7 Å². The average Bonchev–Trinajstić information content (AvgIpc) is 2.82. The fraction of sp³-hybridized carbons (Fsp3) is 0.357. The molecule has 0 amide bonds. The summed E-state index contributed by atoms with van der Waals surface area (Å²) in [4.78, 5) is 13.6. The molecular weight excluding hydrogens is 262 g/mol. The lowest BCUT2D eigenvalue weighted by atomic mass is 10.1. The standard InChI is InChI=1S/C14H15NO3S/c16-14(17)13(15-5-7-19-8-6-15)12-9-10-3-1-2-4-11(10)18-12/h1-4,9,13H,5-8H2,(H,16,17)/t13-/m0/s1. The van der Waals surface area contributed by atoms with E-state index in [1.807, 2.05) is 47.0 Å². The smallest absolute Gasteiger partial charge is 0.328 e. The van der Waals surface area contributed by atoms with Crippen molar-refractivity contribution < 1.29 is 14.3 Å². The van der Waals surface area contributed by atoms with Crippen LogP contribution in [-0.4, -0.2) is 40.6 Å². The SMILES string of the molecule is O=C(O)[C@H](c1cc2ccccc2o1)N1CCSCC1. The van der Waals surface area contributed by atoms with E-state index in [0.29, 0.717) is 5.76 Å². The number of carbonyl (C=O) groups is 1. The lowest BCUT2D eigenvalue weighted by molar-refractivity contribution is -0.144. The first kappa shape index (κ1) is 12.6. The Bertz CT molecular complexity index is 556. The third kappa shape index (κ3) is 2.48. The Kier molecular flexibility index (Phi) is 3.48. The first-order valence-electron chi connectivity index (χ1n) is 6.29. The van der Waals surface area contributed by atoms with Crippen molar-refractivity contribution in [1.82, 2.24) is 4.90 Å². The first-order chi connectivity index (χ1) is 9.25. The minimum absolute atomic E-state index is 0.528. The summed E-state index contributed by atoms with van der Waals surface area (Å²) in [5.74, 6) is 1.64. The largest absolute Gasteiger partial charge is 0.480 e. The summed E-state index contributed by atoms with van der Waals surface area (Å²) in [6, 6.07) is 8.79. The van der Waals surface area contributed by atoms with Crippen LogP contribution >= 0.6 is 11.8 Å². The van der Waals surface area contributed by atoms with Crippen LogP contribution < -0.4 is 0 Å². The molecule has 4 nitrogen and oxygen atoms in total. The molecule has 19 heavy (non-hydrogen) atoms. The van der Waals surface area contributed by atoms with Crippen LogP contribution in [0.5, 0.6) is 0 Å². The second kappa shape index (κ2) is 5.27. The number of carboxylic acids is 1. The first-order valence-corrected chi connectivity index (χ1v) is 7.44. The average molecular weight is 277 g/mol. The Labute approximate surface area is 115 Å². The van der Waals surface area contributed by atoms with E-state index in [1.165, 1.54) is 0 Å². The van der Waals surface area contributed by atoms with Crippen LogP contribution in [0.3, 0.4) is 0 Å². The molecule has 2 heterocycles. The summed E-state index contributed by atoms with van der Waals surface area (Å²) in [6.45, 7) is 1.58. The van der Waals surface area contributed by atoms with Crippen LogP contribution in [0.2, 0.25) is 0 Å². The van der Waals surface area contributed by atoms with Crippen LogP contribution in [0.1, 0.15) is 11.8 Å². The predicted octanol–water partition coefficient (Wildman–Crippen LogP) is 2.61. The molecule has 0 bridgehead atoms. The molecule has 0 saturated carbocycles. The Morgan fingerprint density at radius 3 is 2.74 bits per heavy atom. The normalized spacial score (nSPS) is 18.5. The lowest BCUT2D eigenvalue weighted by Crippen LogP contribution is -2.39. The third-order valence-corrected chi connectivity index (χ3v) is 4.30. The fourth-order valence-electron chi connectivity index (χ4n) is 2.43. The minimum atomic E-state index is -0.842.